The highest BCUT2D eigenvalue weighted by Gasteiger charge is 2.28. The third-order valence-corrected chi connectivity index (χ3v) is 4.21. The Kier molecular flexibility index (Phi) is 4.08. The highest BCUT2D eigenvalue weighted by Crippen LogP contribution is 2.34. The first-order valence-corrected chi connectivity index (χ1v) is 7.08. The van der Waals surface area contributed by atoms with Crippen LogP contribution in [0.4, 0.5) is 0 Å². The van der Waals surface area contributed by atoms with Crippen molar-refractivity contribution in [1.82, 2.24) is 10.2 Å². The first-order chi connectivity index (χ1) is 8.07. The minimum Gasteiger partial charge on any atom is -0.342 e. The Bertz CT molecular complexity index is 269. The van der Waals surface area contributed by atoms with E-state index in [0.717, 1.165) is 13.1 Å². The van der Waals surface area contributed by atoms with Crippen LogP contribution in [0.15, 0.2) is 0 Å². The third-order valence-electron chi connectivity index (χ3n) is 4.21. The van der Waals surface area contributed by atoms with Gasteiger partial charge in [-0.2, -0.15) is 0 Å². The van der Waals surface area contributed by atoms with E-state index < -0.39 is 0 Å². The number of hydrogen-bond acceptors (Lipinski definition) is 2. The molecule has 3 heteroatoms. The van der Waals surface area contributed by atoms with E-state index in [1.54, 1.807) is 0 Å². The van der Waals surface area contributed by atoms with Gasteiger partial charge >= 0.3 is 0 Å². The summed E-state index contributed by atoms with van der Waals surface area (Å²) in [6.45, 7) is 7.15. The molecule has 2 rings (SSSR count). The summed E-state index contributed by atoms with van der Waals surface area (Å²) in [5, 5.41) is 3.46. The molecule has 0 aromatic carbocycles. The van der Waals surface area contributed by atoms with Crippen molar-refractivity contribution in [2.75, 3.05) is 19.6 Å². The second-order valence-corrected chi connectivity index (χ2v) is 6.43. The fourth-order valence-corrected chi connectivity index (χ4v) is 3.18. The molecule has 17 heavy (non-hydrogen) atoms. The zero-order valence-corrected chi connectivity index (χ0v) is 11.3. The predicted octanol–water partition coefficient (Wildman–Crippen LogP) is 2.17. The van der Waals surface area contributed by atoms with Gasteiger partial charge in [0.2, 0.25) is 5.91 Å². The maximum Gasteiger partial charge on any atom is 0.236 e. The van der Waals surface area contributed by atoms with Gasteiger partial charge in [-0.15, -0.1) is 0 Å². The van der Waals surface area contributed by atoms with Crippen molar-refractivity contribution in [1.29, 1.82) is 0 Å². The van der Waals surface area contributed by atoms with E-state index in [1.165, 1.54) is 38.5 Å². The summed E-state index contributed by atoms with van der Waals surface area (Å²) in [6, 6.07) is 0.547. The van der Waals surface area contributed by atoms with E-state index in [1.807, 2.05) is 4.90 Å². The molecule has 1 unspecified atom stereocenters. The van der Waals surface area contributed by atoms with Crippen molar-refractivity contribution in [3.05, 3.63) is 0 Å². The van der Waals surface area contributed by atoms with Crippen LogP contribution in [-0.4, -0.2) is 36.5 Å². The number of likely N-dealkylation sites (tertiary alicyclic amines) is 1. The Morgan fingerprint density at radius 1 is 1.29 bits per heavy atom. The van der Waals surface area contributed by atoms with Gasteiger partial charge < -0.3 is 10.2 Å². The summed E-state index contributed by atoms with van der Waals surface area (Å²) in [4.78, 5) is 13.9. The topological polar surface area (TPSA) is 32.3 Å². The van der Waals surface area contributed by atoms with Gasteiger partial charge in [-0.05, 0) is 37.5 Å². The Labute approximate surface area is 105 Å². The lowest BCUT2D eigenvalue weighted by molar-refractivity contribution is -0.129. The molecule has 0 aromatic heterocycles. The minimum absolute atomic E-state index is 0.297. The average molecular weight is 238 g/mol. The Hall–Kier alpha value is -0.570. The summed E-state index contributed by atoms with van der Waals surface area (Å²) in [5.74, 6) is 0.297. The Balaban J connectivity index is 1.72. The number of carbonyl (C=O) groups is 1. The zero-order valence-electron chi connectivity index (χ0n) is 11.3. The largest absolute Gasteiger partial charge is 0.342 e. The van der Waals surface area contributed by atoms with Gasteiger partial charge in [-0.25, -0.2) is 0 Å². The normalized spacial score (nSPS) is 28.4. The van der Waals surface area contributed by atoms with Crippen molar-refractivity contribution in [2.45, 2.75) is 58.4 Å². The molecule has 98 valence electrons. The van der Waals surface area contributed by atoms with Crippen LogP contribution in [0.1, 0.15) is 52.4 Å². The van der Waals surface area contributed by atoms with Crippen LogP contribution < -0.4 is 5.32 Å². The molecule has 1 aliphatic heterocycles. The number of hydrogen-bond donors (Lipinski definition) is 1. The molecule has 0 aromatic rings. The molecular weight excluding hydrogens is 212 g/mol. The van der Waals surface area contributed by atoms with E-state index in [0.29, 0.717) is 23.9 Å². The Morgan fingerprint density at radius 3 is 2.65 bits per heavy atom. The zero-order chi connectivity index (χ0) is 12.3. The van der Waals surface area contributed by atoms with Gasteiger partial charge in [-0.1, -0.05) is 20.3 Å². The summed E-state index contributed by atoms with van der Waals surface area (Å²) in [5.41, 5.74) is 0.451. The number of nitrogens with one attached hydrogen (secondary N) is 1. The molecule has 1 saturated heterocycles. The summed E-state index contributed by atoms with van der Waals surface area (Å²) < 4.78 is 0. The van der Waals surface area contributed by atoms with Crippen LogP contribution in [0.2, 0.25) is 0 Å². The standard InChI is InChI=1S/C14H26N2O/c1-14(2)7-5-6-12(10-14)15-11-13(17)16-8-3-4-9-16/h12,15H,3-11H2,1-2H3. The van der Waals surface area contributed by atoms with Crippen molar-refractivity contribution in [2.24, 2.45) is 5.41 Å². The molecule has 0 radical (unpaired) electrons. The van der Waals surface area contributed by atoms with E-state index in [2.05, 4.69) is 19.2 Å². The number of carbonyl (C=O) groups excluding carboxylic acids is 1. The first-order valence-electron chi connectivity index (χ1n) is 7.08. The lowest BCUT2D eigenvalue weighted by atomic mass is 9.75. The van der Waals surface area contributed by atoms with E-state index in [9.17, 15) is 4.79 Å². The van der Waals surface area contributed by atoms with E-state index in [4.69, 9.17) is 0 Å². The lowest BCUT2D eigenvalue weighted by Crippen LogP contribution is -2.43. The lowest BCUT2D eigenvalue weighted by Gasteiger charge is -2.35. The molecule has 0 spiro atoms. The SMILES string of the molecule is CC1(C)CCCC(NCC(=O)N2CCCC2)C1. The van der Waals surface area contributed by atoms with E-state index in [-0.39, 0.29) is 0 Å². The first kappa shape index (κ1) is 12.9. The molecule has 3 nitrogen and oxygen atoms in total. The number of nitrogens with zero attached hydrogens (tertiary/aromatic N) is 1. The molecule has 1 N–H and O–H groups in total. The second-order valence-electron chi connectivity index (χ2n) is 6.43. The average Bonchev–Trinajstić information content (AvgIpc) is 2.78. The van der Waals surface area contributed by atoms with Crippen molar-refractivity contribution in [3.63, 3.8) is 0 Å². The van der Waals surface area contributed by atoms with Crippen LogP contribution in [0.25, 0.3) is 0 Å². The predicted molar refractivity (Wildman–Crippen MR) is 69.9 cm³/mol. The third kappa shape index (κ3) is 3.70. The van der Waals surface area contributed by atoms with Crippen LogP contribution in [-0.2, 0) is 4.79 Å². The van der Waals surface area contributed by atoms with Gasteiger partial charge in [0.25, 0.3) is 0 Å². The Morgan fingerprint density at radius 2 is 2.00 bits per heavy atom. The molecule has 1 heterocycles. The number of rotatable bonds is 3. The summed E-state index contributed by atoms with van der Waals surface area (Å²) >= 11 is 0. The molecule has 1 atom stereocenters. The van der Waals surface area contributed by atoms with Crippen molar-refractivity contribution < 1.29 is 4.79 Å². The number of amides is 1. The van der Waals surface area contributed by atoms with Gasteiger partial charge in [0.05, 0.1) is 6.54 Å². The van der Waals surface area contributed by atoms with Gasteiger partial charge in [-0.3, -0.25) is 4.79 Å². The van der Waals surface area contributed by atoms with Gasteiger partial charge in [0, 0.05) is 19.1 Å². The maximum atomic E-state index is 11.9. The molecule has 1 aliphatic carbocycles. The minimum atomic E-state index is 0.297. The van der Waals surface area contributed by atoms with Crippen molar-refractivity contribution in [3.8, 4) is 0 Å². The van der Waals surface area contributed by atoms with Crippen LogP contribution >= 0.6 is 0 Å². The van der Waals surface area contributed by atoms with E-state index >= 15 is 0 Å². The summed E-state index contributed by atoms with van der Waals surface area (Å²) in [6.07, 6.45) is 7.43. The van der Waals surface area contributed by atoms with Crippen LogP contribution in [0.3, 0.4) is 0 Å². The quantitative estimate of drug-likeness (QED) is 0.817. The highest BCUT2D eigenvalue weighted by atomic mass is 16.2. The second kappa shape index (κ2) is 5.38. The molecule has 2 fully saturated rings. The van der Waals surface area contributed by atoms with Gasteiger partial charge in [0.15, 0.2) is 0 Å². The molecule has 2 aliphatic rings. The highest BCUT2D eigenvalue weighted by molar-refractivity contribution is 5.78. The molecule has 1 amide bonds. The smallest absolute Gasteiger partial charge is 0.236 e. The summed E-state index contributed by atoms with van der Waals surface area (Å²) in [7, 11) is 0. The molecule has 1 saturated carbocycles. The van der Waals surface area contributed by atoms with Crippen LogP contribution in [0.5, 0.6) is 0 Å². The monoisotopic (exact) mass is 238 g/mol. The maximum absolute atomic E-state index is 11.9. The van der Waals surface area contributed by atoms with Gasteiger partial charge in [0.1, 0.15) is 0 Å². The van der Waals surface area contributed by atoms with Crippen molar-refractivity contribution >= 4 is 5.91 Å². The molecule has 0 bridgehead atoms. The van der Waals surface area contributed by atoms with Crippen LogP contribution in [0, 0.1) is 5.41 Å². The molecular formula is C14H26N2O. The fraction of sp³-hybridized carbons (Fsp3) is 0.929. The fourth-order valence-electron chi connectivity index (χ4n) is 3.18.